The topological polar surface area (TPSA) is 23.6 Å². The maximum atomic E-state index is 12.1. The van der Waals surface area contributed by atoms with Crippen LogP contribution in [0.2, 0.25) is 5.02 Å². The summed E-state index contributed by atoms with van der Waals surface area (Å²) in [5, 5.41) is 4.76. The van der Waals surface area contributed by atoms with Gasteiger partial charge in [0.2, 0.25) is 5.91 Å². The van der Waals surface area contributed by atoms with Gasteiger partial charge in [-0.2, -0.15) is 0 Å². The molecule has 1 aromatic carbocycles. The number of amides is 1. The normalized spacial score (nSPS) is 25.2. The zero-order valence-electron chi connectivity index (χ0n) is 8.90. The van der Waals surface area contributed by atoms with Gasteiger partial charge in [-0.1, -0.05) is 23.7 Å². The predicted molar refractivity (Wildman–Crippen MR) is 62.1 cm³/mol. The van der Waals surface area contributed by atoms with Crippen molar-refractivity contribution in [2.24, 2.45) is 0 Å². The Kier molecular flexibility index (Phi) is 2.37. The van der Waals surface area contributed by atoms with Gasteiger partial charge in [0.25, 0.3) is 0 Å². The summed E-state index contributed by atoms with van der Waals surface area (Å²) in [4.78, 5) is 12.1. The van der Waals surface area contributed by atoms with Gasteiger partial charge < -0.3 is 0 Å². The lowest BCUT2D eigenvalue weighted by Gasteiger charge is -2.16. The molecule has 1 amide bonds. The third-order valence-corrected chi connectivity index (χ3v) is 3.60. The third-order valence-electron chi connectivity index (χ3n) is 3.35. The number of hydrogen-bond donors (Lipinski definition) is 0. The Labute approximate surface area is 99.6 Å². The van der Waals surface area contributed by atoms with Gasteiger partial charge in [0, 0.05) is 24.7 Å². The molecule has 1 aromatic rings. The van der Waals surface area contributed by atoms with Gasteiger partial charge in [-0.05, 0) is 24.1 Å². The minimum atomic E-state index is -0.00225. The van der Waals surface area contributed by atoms with Crippen LogP contribution in [0.3, 0.4) is 0 Å². The molecule has 0 radical (unpaired) electrons. The van der Waals surface area contributed by atoms with Crippen molar-refractivity contribution >= 4 is 17.5 Å². The summed E-state index contributed by atoms with van der Waals surface area (Å²) < 4.78 is 0. The first-order valence-corrected chi connectivity index (χ1v) is 5.95. The molecule has 2 aliphatic heterocycles. The molecule has 2 aliphatic rings. The van der Waals surface area contributed by atoms with Crippen LogP contribution in [-0.2, 0) is 4.79 Å². The van der Waals surface area contributed by atoms with Crippen molar-refractivity contribution in [1.82, 2.24) is 10.0 Å². The molecule has 2 heterocycles. The van der Waals surface area contributed by atoms with Crippen LogP contribution in [0.25, 0.3) is 0 Å². The third kappa shape index (κ3) is 1.51. The Morgan fingerprint density at radius 1 is 1.19 bits per heavy atom. The van der Waals surface area contributed by atoms with Gasteiger partial charge in [-0.15, -0.1) is 0 Å². The summed E-state index contributed by atoms with van der Waals surface area (Å²) >= 11 is 5.84. The molecule has 3 nitrogen and oxygen atoms in total. The predicted octanol–water partition coefficient (Wildman–Crippen LogP) is 1.89. The van der Waals surface area contributed by atoms with Crippen LogP contribution in [-0.4, -0.2) is 35.6 Å². The van der Waals surface area contributed by atoms with E-state index in [1.54, 1.807) is 0 Å². The highest BCUT2D eigenvalue weighted by molar-refractivity contribution is 6.30. The Bertz CT molecular complexity index is 418. The van der Waals surface area contributed by atoms with E-state index in [-0.39, 0.29) is 11.8 Å². The minimum Gasteiger partial charge on any atom is -0.275 e. The number of hydrogen-bond acceptors (Lipinski definition) is 2. The summed E-state index contributed by atoms with van der Waals surface area (Å²) in [6.07, 6.45) is 1.10. The number of halogens is 1. The molecular weight excluding hydrogens is 224 g/mol. The Morgan fingerprint density at radius 2 is 1.94 bits per heavy atom. The zero-order valence-corrected chi connectivity index (χ0v) is 9.65. The van der Waals surface area contributed by atoms with E-state index in [1.807, 2.05) is 29.3 Å². The smallest absolute Gasteiger partial charge is 0.245 e. The summed E-state index contributed by atoms with van der Waals surface area (Å²) in [5.74, 6) is 0.234. The molecule has 1 unspecified atom stereocenters. The molecule has 0 saturated carbocycles. The molecule has 16 heavy (non-hydrogen) atoms. The number of fused-ring (bicyclic) bond motifs is 1. The lowest BCUT2D eigenvalue weighted by molar-refractivity contribution is -0.135. The molecule has 84 valence electrons. The highest BCUT2D eigenvalue weighted by Crippen LogP contribution is 2.31. The van der Waals surface area contributed by atoms with Crippen molar-refractivity contribution in [3.05, 3.63) is 34.9 Å². The van der Waals surface area contributed by atoms with Crippen molar-refractivity contribution in [3.8, 4) is 0 Å². The van der Waals surface area contributed by atoms with E-state index < -0.39 is 0 Å². The molecule has 0 aliphatic carbocycles. The van der Waals surface area contributed by atoms with Gasteiger partial charge in [-0.25, -0.2) is 5.01 Å². The first-order valence-electron chi connectivity index (χ1n) is 5.57. The average molecular weight is 237 g/mol. The molecular formula is C12H13ClN2O. The maximum absolute atomic E-state index is 12.1. The van der Waals surface area contributed by atoms with E-state index in [2.05, 4.69) is 5.01 Å². The highest BCUT2D eigenvalue weighted by atomic mass is 35.5. The van der Waals surface area contributed by atoms with Crippen molar-refractivity contribution < 1.29 is 4.79 Å². The van der Waals surface area contributed by atoms with Gasteiger partial charge >= 0.3 is 0 Å². The van der Waals surface area contributed by atoms with Crippen LogP contribution < -0.4 is 0 Å². The van der Waals surface area contributed by atoms with Crippen molar-refractivity contribution in [2.45, 2.75) is 12.3 Å². The fraction of sp³-hybridized carbons (Fsp3) is 0.417. The molecule has 1 atom stereocenters. The van der Waals surface area contributed by atoms with E-state index in [0.29, 0.717) is 0 Å². The molecule has 0 N–H and O–H groups in total. The van der Waals surface area contributed by atoms with Crippen molar-refractivity contribution in [2.75, 3.05) is 19.6 Å². The van der Waals surface area contributed by atoms with E-state index >= 15 is 0 Å². The number of benzene rings is 1. The molecule has 2 fully saturated rings. The first-order chi connectivity index (χ1) is 7.75. The minimum absolute atomic E-state index is 0.00225. The summed E-state index contributed by atoms with van der Waals surface area (Å²) in [7, 11) is 0. The first kappa shape index (κ1) is 10.1. The molecule has 0 bridgehead atoms. The second kappa shape index (κ2) is 3.75. The Hall–Kier alpha value is -1.06. The Morgan fingerprint density at radius 3 is 2.62 bits per heavy atom. The summed E-state index contributed by atoms with van der Waals surface area (Å²) in [5.41, 5.74) is 1.07. The van der Waals surface area contributed by atoms with Gasteiger partial charge in [0.15, 0.2) is 0 Å². The van der Waals surface area contributed by atoms with E-state index in [0.717, 1.165) is 36.6 Å². The summed E-state index contributed by atoms with van der Waals surface area (Å²) in [6.45, 7) is 2.71. The van der Waals surface area contributed by atoms with Crippen LogP contribution in [0.5, 0.6) is 0 Å². The standard InChI is InChI=1S/C12H13ClN2O/c13-10-4-2-9(3-5-10)11-8-14-6-1-7-15(14)12(11)16/h2-5,11H,1,6-8H2. The van der Waals surface area contributed by atoms with Crippen LogP contribution in [0.15, 0.2) is 24.3 Å². The summed E-state index contributed by atoms with van der Waals surface area (Å²) in [6, 6.07) is 7.61. The maximum Gasteiger partial charge on any atom is 0.245 e. The van der Waals surface area contributed by atoms with Gasteiger partial charge in [0.1, 0.15) is 0 Å². The molecule has 2 saturated heterocycles. The molecule has 4 heteroatoms. The monoisotopic (exact) mass is 236 g/mol. The fourth-order valence-corrected chi connectivity index (χ4v) is 2.64. The van der Waals surface area contributed by atoms with Crippen LogP contribution >= 0.6 is 11.6 Å². The fourth-order valence-electron chi connectivity index (χ4n) is 2.52. The largest absolute Gasteiger partial charge is 0.275 e. The lowest BCUT2D eigenvalue weighted by Crippen LogP contribution is -2.32. The van der Waals surface area contributed by atoms with Crippen LogP contribution in [0.4, 0.5) is 0 Å². The zero-order chi connectivity index (χ0) is 11.1. The highest BCUT2D eigenvalue weighted by Gasteiger charge is 2.40. The van der Waals surface area contributed by atoms with Crippen LogP contribution in [0.1, 0.15) is 17.9 Å². The van der Waals surface area contributed by atoms with Crippen molar-refractivity contribution in [1.29, 1.82) is 0 Å². The molecule has 0 aromatic heterocycles. The molecule has 3 rings (SSSR count). The van der Waals surface area contributed by atoms with E-state index in [9.17, 15) is 4.79 Å². The number of hydrazine groups is 1. The molecule has 0 spiro atoms. The second-order valence-corrected chi connectivity index (χ2v) is 4.77. The van der Waals surface area contributed by atoms with E-state index in [1.165, 1.54) is 0 Å². The van der Waals surface area contributed by atoms with Crippen molar-refractivity contribution in [3.63, 3.8) is 0 Å². The number of carbonyl (C=O) groups excluding carboxylic acids is 1. The second-order valence-electron chi connectivity index (χ2n) is 4.33. The van der Waals surface area contributed by atoms with Gasteiger partial charge in [-0.3, -0.25) is 9.80 Å². The lowest BCUT2D eigenvalue weighted by atomic mass is 9.99. The van der Waals surface area contributed by atoms with Gasteiger partial charge in [0.05, 0.1) is 5.92 Å². The average Bonchev–Trinajstić information content (AvgIpc) is 2.84. The number of rotatable bonds is 1. The number of nitrogens with zero attached hydrogens (tertiary/aromatic N) is 2. The quantitative estimate of drug-likeness (QED) is 0.744. The number of carbonyl (C=O) groups is 1. The van der Waals surface area contributed by atoms with Crippen LogP contribution in [0, 0.1) is 0 Å². The SMILES string of the molecule is O=C1C(c2ccc(Cl)cc2)CN2CCCN12. The Balaban J connectivity index is 1.86. The van der Waals surface area contributed by atoms with E-state index in [4.69, 9.17) is 11.6 Å².